The quantitative estimate of drug-likeness (QED) is 0.906. The third kappa shape index (κ3) is 2.78. The van der Waals surface area contributed by atoms with Crippen molar-refractivity contribution in [2.45, 2.75) is 25.9 Å². The molecule has 2 aromatic heterocycles. The first-order valence-corrected chi connectivity index (χ1v) is 7.19. The summed E-state index contributed by atoms with van der Waals surface area (Å²) in [6.45, 7) is 4.80. The fourth-order valence-electron chi connectivity index (χ4n) is 2.53. The Morgan fingerprint density at radius 2 is 2.45 bits per heavy atom. The molecule has 3 rings (SSSR count). The number of pyridine rings is 1. The maximum atomic E-state index is 6.19. The van der Waals surface area contributed by atoms with Gasteiger partial charge in [-0.15, -0.1) is 0 Å². The van der Waals surface area contributed by atoms with Crippen LogP contribution in [0.5, 0.6) is 0 Å². The topological polar surface area (TPSA) is 56.8 Å². The first-order valence-electron chi connectivity index (χ1n) is 6.81. The fraction of sp³-hybridized carbons (Fsp3) is 0.429. The number of nitrogens with one attached hydrogen (secondary N) is 2. The Morgan fingerprint density at radius 3 is 3.20 bits per heavy atom. The number of aromatic nitrogens is 3. The summed E-state index contributed by atoms with van der Waals surface area (Å²) in [7, 11) is 0. The maximum absolute atomic E-state index is 6.19. The third-order valence-electron chi connectivity index (χ3n) is 3.73. The molecule has 0 saturated carbocycles. The number of halogens is 1. The van der Waals surface area contributed by atoms with Crippen molar-refractivity contribution in [1.29, 1.82) is 0 Å². The van der Waals surface area contributed by atoms with Crippen LogP contribution in [0.2, 0.25) is 5.02 Å². The van der Waals surface area contributed by atoms with E-state index in [1.54, 1.807) is 6.20 Å². The SMILES string of the molecule is Cc1cn[nH]c1CNC1CCN(c2ncccc2Cl)C1. The molecule has 6 heteroatoms. The highest BCUT2D eigenvalue weighted by Crippen LogP contribution is 2.25. The number of rotatable bonds is 4. The standard InChI is InChI=1S/C14H18ClN5/c1-10-7-18-19-13(10)8-17-11-4-6-20(9-11)14-12(15)3-2-5-16-14/h2-3,5,7,11,17H,4,6,8-9H2,1H3,(H,18,19). The molecule has 106 valence electrons. The van der Waals surface area contributed by atoms with E-state index in [4.69, 9.17) is 11.6 Å². The molecular formula is C14H18ClN5. The van der Waals surface area contributed by atoms with Gasteiger partial charge in [-0.05, 0) is 31.0 Å². The first-order chi connectivity index (χ1) is 9.74. The van der Waals surface area contributed by atoms with Gasteiger partial charge in [-0.1, -0.05) is 11.6 Å². The lowest BCUT2D eigenvalue weighted by atomic mass is 10.2. The van der Waals surface area contributed by atoms with E-state index in [-0.39, 0.29) is 0 Å². The summed E-state index contributed by atoms with van der Waals surface area (Å²) in [5, 5.41) is 11.3. The lowest BCUT2D eigenvalue weighted by Gasteiger charge is -2.18. The zero-order chi connectivity index (χ0) is 13.9. The average molecular weight is 292 g/mol. The Balaban J connectivity index is 1.57. The lowest BCUT2D eigenvalue weighted by Crippen LogP contribution is -2.32. The molecule has 3 heterocycles. The van der Waals surface area contributed by atoms with Gasteiger partial charge in [0.2, 0.25) is 0 Å². The molecule has 0 amide bonds. The van der Waals surface area contributed by atoms with Crippen LogP contribution in [-0.2, 0) is 6.54 Å². The van der Waals surface area contributed by atoms with Gasteiger partial charge >= 0.3 is 0 Å². The molecule has 5 nitrogen and oxygen atoms in total. The van der Waals surface area contributed by atoms with E-state index < -0.39 is 0 Å². The molecule has 0 aliphatic carbocycles. The smallest absolute Gasteiger partial charge is 0.147 e. The largest absolute Gasteiger partial charge is 0.354 e. The summed E-state index contributed by atoms with van der Waals surface area (Å²) in [5.41, 5.74) is 2.35. The van der Waals surface area contributed by atoms with Crippen LogP contribution in [0.1, 0.15) is 17.7 Å². The minimum atomic E-state index is 0.454. The van der Waals surface area contributed by atoms with Gasteiger partial charge in [0.25, 0.3) is 0 Å². The van der Waals surface area contributed by atoms with Crippen LogP contribution >= 0.6 is 11.6 Å². The molecular weight excluding hydrogens is 274 g/mol. The minimum Gasteiger partial charge on any atom is -0.354 e. The van der Waals surface area contributed by atoms with Gasteiger partial charge in [0, 0.05) is 31.9 Å². The molecule has 2 N–H and O–H groups in total. The zero-order valence-corrected chi connectivity index (χ0v) is 12.2. The average Bonchev–Trinajstić information content (AvgIpc) is 3.06. The molecule has 1 saturated heterocycles. The van der Waals surface area contributed by atoms with E-state index in [1.807, 2.05) is 18.3 Å². The van der Waals surface area contributed by atoms with Crippen LogP contribution < -0.4 is 10.2 Å². The molecule has 1 unspecified atom stereocenters. The zero-order valence-electron chi connectivity index (χ0n) is 11.4. The number of hydrogen-bond donors (Lipinski definition) is 2. The Kier molecular flexibility index (Phi) is 3.89. The summed E-state index contributed by atoms with van der Waals surface area (Å²) in [6, 6.07) is 4.20. The van der Waals surface area contributed by atoms with Gasteiger partial charge in [0.1, 0.15) is 5.82 Å². The predicted molar refractivity (Wildman–Crippen MR) is 80.0 cm³/mol. The van der Waals surface area contributed by atoms with Crippen molar-refractivity contribution in [2.75, 3.05) is 18.0 Å². The Hall–Kier alpha value is -1.59. The molecule has 20 heavy (non-hydrogen) atoms. The maximum Gasteiger partial charge on any atom is 0.147 e. The summed E-state index contributed by atoms with van der Waals surface area (Å²) < 4.78 is 0. The Bertz CT molecular complexity index is 582. The van der Waals surface area contributed by atoms with E-state index in [2.05, 4.69) is 32.3 Å². The number of nitrogens with zero attached hydrogens (tertiary/aromatic N) is 3. The highest BCUT2D eigenvalue weighted by atomic mass is 35.5. The van der Waals surface area contributed by atoms with Crippen LogP contribution in [0.15, 0.2) is 24.5 Å². The van der Waals surface area contributed by atoms with Crippen LogP contribution in [-0.4, -0.2) is 34.3 Å². The second-order valence-electron chi connectivity index (χ2n) is 5.15. The van der Waals surface area contributed by atoms with E-state index in [0.717, 1.165) is 42.6 Å². The molecule has 0 spiro atoms. The number of aryl methyl sites for hydroxylation is 1. The van der Waals surface area contributed by atoms with Crippen LogP contribution in [0, 0.1) is 6.92 Å². The van der Waals surface area contributed by atoms with E-state index in [1.165, 1.54) is 5.56 Å². The molecule has 1 atom stereocenters. The molecule has 0 radical (unpaired) electrons. The second kappa shape index (κ2) is 5.81. The summed E-state index contributed by atoms with van der Waals surface area (Å²) in [4.78, 5) is 6.60. The van der Waals surface area contributed by atoms with Crippen molar-refractivity contribution in [2.24, 2.45) is 0 Å². The van der Waals surface area contributed by atoms with E-state index in [9.17, 15) is 0 Å². The lowest BCUT2D eigenvalue weighted by molar-refractivity contribution is 0.544. The predicted octanol–water partition coefficient (Wildman–Crippen LogP) is 2.14. The molecule has 0 aromatic carbocycles. The van der Waals surface area contributed by atoms with Crippen molar-refractivity contribution in [3.8, 4) is 0 Å². The van der Waals surface area contributed by atoms with Gasteiger partial charge in [0.05, 0.1) is 16.9 Å². The highest BCUT2D eigenvalue weighted by Gasteiger charge is 2.24. The third-order valence-corrected chi connectivity index (χ3v) is 4.02. The monoisotopic (exact) mass is 291 g/mol. The van der Waals surface area contributed by atoms with Gasteiger partial charge in [0.15, 0.2) is 0 Å². The normalized spacial score (nSPS) is 18.7. The molecule has 1 aliphatic rings. The van der Waals surface area contributed by atoms with Crippen molar-refractivity contribution < 1.29 is 0 Å². The van der Waals surface area contributed by atoms with Crippen molar-refractivity contribution in [3.05, 3.63) is 40.8 Å². The highest BCUT2D eigenvalue weighted by molar-refractivity contribution is 6.32. The van der Waals surface area contributed by atoms with Gasteiger partial charge < -0.3 is 10.2 Å². The van der Waals surface area contributed by atoms with Gasteiger partial charge in [-0.2, -0.15) is 5.10 Å². The van der Waals surface area contributed by atoms with Crippen molar-refractivity contribution in [1.82, 2.24) is 20.5 Å². The molecule has 2 aromatic rings. The van der Waals surface area contributed by atoms with Gasteiger partial charge in [-0.3, -0.25) is 5.10 Å². The van der Waals surface area contributed by atoms with Crippen LogP contribution in [0.25, 0.3) is 0 Å². The number of H-pyrrole nitrogens is 1. The van der Waals surface area contributed by atoms with Crippen molar-refractivity contribution in [3.63, 3.8) is 0 Å². The Morgan fingerprint density at radius 1 is 1.55 bits per heavy atom. The number of hydrogen-bond acceptors (Lipinski definition) is 4. The van der Waals surface area contributed by atoms with E-state index >= 15 is 0 Å². The molecule has 1 aliphatic heterocycles. The molecule has 0 bridgehead atoms. The van der Waals surface area contributed by atoms with E-state index in [0.29, 0.717) is 6.04 Å². The number of aromatic amines is 1. The minimum absolute atomic E-state index is 0.454. The first kappa shape index (κ1) is 13.4. The summed E-state index contributed by atoms with van der Waals surface area (Å²) in [5.74, 6) is 0.885. The summed E-state index contributed by atoms with van der Waals surface area (Å²) >= 11 is 6.19. The van der Waals surface area contributed by atoms with Crippen LogP contribution in [0.4, 0.5) is 5.82 Å². The van der Waals surface area contributed by atoms with Crippen LogP contribution in [0.3, 0.4) is 0 Å². The van der Waals surface area contributed by atoms with Gasteiger partial charge in [-0.25, -0.2) is 4.98 Å². The number of anilines is 1. The second-order valence-corrected chi connectivity index (χ2v) is 5.56. The van der Waals surface area contributed by atoms with Crippen molar-refractivity contribution >= 4 is 17.4 Å². The molecule has 1 fully saturated rings. The fourth-order valence-corrected chi connectivity index (χ4v) is 2.77. The Labute approximate surface area is 123 Å². The summed E-state index contributed by atoms with van der Waals surface area (Å²) in [6.07, 6.45) is 4.74.